The Bertz CT molecular complexity index is 864. The number of halogens is 1. The lowest BCUT2D eigenvalue weighted by Crippen LogP contribution is -2.49. The van der Waals surface area contributed by atoms with Crippen LogP contribution in [0.3, 0.4) is 0 Å². The maximum atomic E-state index is 12.8. The molecule has 1 aromatic carbocycles. The van der Waals surface area contributed by atoms with Crippen LogP contribution in [0.2, 0.25) is 5.02 Å². The van der Waals surface area contributed by atoms with Crippen LogP contribution in [0.5, 0.6) is 0 Å². The van der Waals surface area contributed by atoms with Crippen LogP contribution in [0.4, 0.5) is 11.6 Å². The number of piperazine rings is 1. The molecule has 1 fully saturated rings. The van der Waals surface area contributed by atoms with Gasteiger partial charge in [-0.3, -0.25) is 0 Å². The molecule has 0 unspecified atom stereocenters. The van der Waals surface area contributed by atoms with E-state index in [-0.39, 0.29) is 4.90 Å². The predicted octanol–water partition coefficient (Wildman–Crippen LogP) is 2.49. The average Bonchev–Trinajstić information content (AvgIpc) is 2.69. The van der Waals surface area contributed by atoms with Gasteiger partial charge in [-0.1, -0.05) is 17.7 Å². The summed E-state index contributed by atoms with van der Waals surface area (Å²) in [5.41, 5.74) is 0. The second-order valence-electron chi connectivity index (χ2n) is 6.27. The Kier molecular flexibility index (Phi) is 6.18. The molecule has 27 heavy (non-hydrogen) atoms. The summed E-state index contributed by atoms with van der Waals surface area (Å²) < 4.78 is 27.1. The van der Waals surface area contributed by atoms with Crippen LogP contribution < -0.4 is 9.80 Å². The summed E-state index contributed by atoms with van der Waals surface area (Å²) in [6.07, 6.45) is 0. The third-order valence-electron chi connectivity index (χ3n) is 4.72. The van der Waals surface area contributed by atoms with Crippen molar-refractivity contribution >= 4 is 33.3 Å². The van der Waals surface area contributed by atoms with Crippen LogP contribution in [0, 0.1) is 0 Å². The van der Waals surface area contributed by atoms with Crippen molar-refractivity contribution in [2.45, 2.75) is 18.7 Å². The van der Waals surface area contributed by atoms with E-state index in [9.17, 15) is 8.42 Å². The molecule has 1 saturated heterocycles. The Labute approximate surface area is 165 Å². The van der Waals surface area contributed by atoms with Gasteiger partial charge < -0.3 is 9.80 Å². The number of aromatic nitrogens is 2. The molecule has 2 heterocycles. The molecule has 1 aromatic heterocycles. The highest BCUT2D eigenvalue weighted by atomic mass is 35.5. The van der Waals surface area contributed by atoms with E-state index in [0.717, 1.165) is 24.7 Å². The molecule has 2 aromatic rings. The van der Waals surface area contributed by atoms with Gasteiger partial charge in [-0.2, -0.15) is 4.31 Å². The van der Waals surface area contributed by atoms with E-state index in [0.29, 0.717) is 31.2 Å². The van der Waals surface area contributed by atoms with Gasteiger partial charge in [-0.25, -0.2) is 8.42 Å². The molecule has 146 valence electrons. The van der Waals surface area contributed by atoms with Gasteiger partial charge in [-0.15, -0.1) is 10.2 Å². The van der Waals surface area contributed by atoms with E-state index in [1.807, 2.05) is 12.1 Å². The fraction of sp³-hybridized carbons (Fsp3) is 0.444. The first-order valence-electron chi connectivity index (χ1n) is 9.05. The summed E-state index contributed by atoms with van der Waals surface area (Å²) in [4.78, 5) is 4.42. The van der Waals surface area contributed by atoms with Crippen molar-refractivity contribution in [2.75, 3.05) is 49.1 Å². The lowest BCUT2D eigenvalue weighted by Gasteiger charge is -2.34. The zero-order chi connectivity index (χ0) is 19.4. The molecule has 0 bridgehead atoms. The van der Waals surface area contributed by atoms with Gasteiger partial charge in [0.05, 0.1) is 4.90 Å². The van der Waals surface area contributed by atoms with Gasteiger partial charge in [0.2, 0.25) is 10.0 Å². The molecule has 0 aliphatic carbocycles. The lowest BCUT2D eigenvalue weighted by atomic mass is 10.3. The standard InChI is InChI=1S/C18H24ClN5O2S/c1-3-22(4-2)17-8-9-18(21-20-17)23-10-12-24(13-11-23)27(25,26)16-7-5-6-15(19)14-16/h5-9,14H,3-4,10-13H2,1-2H3. The van der Waals surface area contributed by atoms with E-state index in [4.69, 9.17) is 11.6 Å². The molecule has 0 radical (unpaired) electrons. The summed E-state index contributed by atoms with van der Waals surface area (Å²) in [6.45, 7) is 7.85. The minimum absolute atomic E-state index is 0.229. The first-order chi connectivity index (χ1) is 13.0. The van der Waals surface area contributed by atoms with Crippen LogP contribution in [-0.4, -0.2) is 62.2 Å². The summed E-state index contributed by atoms with van der Waals surface area (Å²) in [5, 5.41) is 9.05. The van der Waals surface area contributed by atoms with Crippen LogP contribution in [-0.2, 0) is 10.0 Å². The largest absolute Gasteiger partial charge is 0.356 e. The summed E-state index contributed by atoms with van der Waals surface area (Å²) in [6, 6.07) is 10.3. The van der Waals surface area contributed by atoms with Gasteiger partial charge in [0.25, 0.3) is 0 Å². The fourth-order valence-electron chi connectivity index (χ4n) is 3.14. The highest BCUT2D eigenvalue weighted by molar-refractivity contribution is 7.89. The van der Waals surface area contributed by atoms with Crippen LogP contribution in [0.1, 0.15) is 13.8 Å². The van der Waals surface area contributed by atoms with E-state index in [2.05, 4.69) is 33.8 Å². The van der Waals surface area contributed by atoms with Gasteiger partial charge in [0.15, 0.2) is 11.6 Å². The van der Waals surface area contributed by atoms with Crippen molar-refractivity contribution in [3.63, 3.8) is 0 Å². The Morgan fingerprint density at radius 3 is 2.30 bits per heavy atom. The highest BCUT2D eigenvalue weighted by Crippen LogP contribution is 2.22. The van der Waals surface area contributed by atoms with E-state index in [1.54, 1.807) is 18.2 Å². The van der Waals surface area contributed by atoms with Crippen molar-refractivity contribution < 1.29 is 8.42 Å². The SMILES string of the molecule is CCN(CC)c1ccc(N2CCN(S(=O)(=O)c3cccc(Cl)c3)CC2)nn1. The third kappa shape index (κ3) is 4.34. The van der Waals surface area contributed by atoms with E-state index in [1.165, 1.54) is 10.4 Å². The van der Waals surface area contributed by atoms with Crippen molar-refractivity contribution in [2.24, 2.45) is 0 Å². The first-order valence-corrected chi connectivity index (χ1v) is 10.9. The normalized spacial score (nSPS) is 15.7. The molecule has 7 nitrogen and oxygen atoms in total. The number of nitrogens with zero attached hydrogens (tertiary/aromatic N) is 5. The smallest absolute Gasteiger partial charge is 0.243 e. The van der Waals surface area contributed by atoms with Gasteiger partial charge in [0.1, 0.15) is 0 Å². The minimum atomic E-state index is -3.54. The topological polar surface area (TPSA) is 69.6 Å². The maximum absolute atomic E-state index is 12.8. The van der Waals surface area contributed by atoms with Crippen molar-refractivity contribution in [1.29, 1.82) is 0 Å². The molecule has 0 amide bonds. The number of anilines is 2. The first kappa shape index (κ1) is 19.9. The van der Waals surface area contributed by atoms with Crippen molar-refractivity contribution in [3.8, 4) is 0 Å². The van der Waals surface area contributed by atoms with Gasteiger partial charge in [-0.05, 0) is 44.2 Å². The second-order valence-corrected chi connectivity index (χ2v) is 8.64. The number of hydrogen-bond acceptors (Lipinski definition) is 6. The monoisotopic (exact) mass is 409 g/mol. The summed E-state index contributed by atoms with van der Waals surface area (Å²) >= 11 is 5.94. The zero-order valence-electron chi connectivity index (χ0n) is 15.5. The Morgan fingerprint density at radius 2 is 1.74 bits per heavy atom. The number of rotatable bonds is 6. The molecule has 9 heteroatoms. The minimum Gasteiger partial charge on any atom is -0.356 e. The number of sulfonamides is 1. The zero-order valence-corrected chi connectivity index (χ0v) is 17.1. The Hall–Kier alpha value is -1.90. The average molecular weight is 410 g/mol. The van der Waals surface area contributed by atoms with Crippen molar-refractivity contribution in [3.05, 3.63) is 41.4 Å². The molecule has 0 saturated carbocycles. The van der Waals surface area contributed by atoms with Crippen molar-refractivity contribution in [1.82, 2.24) is 14.5 Å². The molecule has 1 aliphatic heterocycles. The molecular formula is C18H24ClN5O2S. The predicted molar refractivity (Wildman–Crippen MR) is 108 cm³/mol. The fourth-order valence-corrected chi connectivity index (χ4v) is 4.86. The van der Waals surface area contributed by atoms with E-state index < -0.39 is 10.0 Å². The number of hydrogen-bond donors (Lipinski definition) is 0. The van der Waals surface area contributed by atoms with Gasteiger partial charge in [0, 0.05) is 44.3 Å². The Morgan fingerprint density at radius 1 is 1.04 bits per heavy atom. The summed E-state index contributed by atoms with van der Waals surface area (Å²) in [5.74, 6) is 1.62. The Balaban J connectivity index is 1.66. The van der Waals surface area contributed by atoms with Gasteiger partial charge >= 0.3 is 0 Å². The molecular weight excluding hydrogens is 386 g/mol. The number of benzene rings is 1. The quantitative estimate of drug-likeness (QED) is 0.730. The molecule has 1 aliphatic rings. The second kappa shape index (κ2) is 8.41. The molecule has 0 N–H and O–H groups in total. The van der Waals surface area contributed by atoms with Crippen LogP contribution in [0.25, 0.3) is 0 Å². The maximum Gasteiger partial charge on any atom is 0.243 e. The summed E-state index contributed by atoms with van der Waals surface area (Å²) in [7, 11) is -3.54. The highest BCUT2D eigenvalue weighted by Gasteiger charge is 2.29. The molecule has 0 atom stereocenters. The molecule has 3 rings (SSSR count). The third-order valence-corrected chi connectivity index (χ3v) is 6.85. The molecule has 0 spiro atoms. The van der Waals surface area contributed by atoms with Crippen LogP contribution >= 0.6 is 11.6 Å². The lowest BCUT2D eigenvalue weighted by molar-refractivity contribution is 0.383. The van der Waals surface area contributed by atoms with Crippen LogP contribution in [0.15, 0.2) is 41.3 Å². The van der Waals surface area contributed by atoms with E-state index >= 15 is 0 Å².